The number of hydrogen-bond acceptors (Lipinski definition) is 6. The van der Waals surface area contributed by atoms with Gasteiger partial charge in [-0.25, -0.2) is 0 Å². The monoisotopic (exact) mass is 580 g/mol. The van der Waals surface area contributed by atoms with E-state index in [1.54, 1.807) is 48.5 Å². The number of hydrazine groups is 2. The zero-order valence-corrected chi connectivity index (χ0v) is 23.4. The van der Waals surface area contributed by atoms with Gasteiger partial charge in [-0.3, -0.25) is 40.9 Å². The summed E-state index contributed by atoms with van der Waals surface area (Å²) in [6.45, 7) is 0.573. The second kappa shape index (κ2) is 16.0. The van der Waals surface area contributed by atoms with Crippen molar-refractivity contribution in [3.8, 4) is 11.5 Å². The van der Waals surface area contributed by atoms with E-state index in [-0.39, 0.29) is 43.6 Å². The van der Waals surface area contributed by atoms with Crippen molar-refractivity contribution in [2.24, 2.45) is 0 Å². The molecule has 43 heavy (non-hydrogen) atoms. The van der Waals surface area contributed by atoms with Crippen molar-refractivity contribution in [1.82, 2.24) is 21.7 Å². The van der Waals surface area contributed by atoms with Crippen molar-refractivity contribution in [2.75, 3.05) is 0 Å². The lowest BCUT2D eigenvalue weighted by atomic mass is 10.2. The van der Waals surface area contributed by atoms with Crippen molar-refractivity contribution in [2.45, 2.75) is 32.5 Å². The third-order valence-corrected chi connectivity index (χ3v) is 6.18. The van der Waals surface area contributed by atoms with Crippen LogP contribution in [0.25, 0.3) is 0 Å². The van der Waals surface area contributed by atoms with Crippen LogP contribution in [0.1, 0.15) is 51.1 Å². The molecule has 4 rings (SSSR count). The van der Waals surface area contributed by atoms with Crippen LogP contribution in [0, 0.1) is 0 Å². The van der Waals surface area contributed by atoms with Crippen molar-refractivity contribution >= 4 is 23.6 Å². The van der Waals surface area contributed by atoms with Gasteiger partial charge in [-0.15, -0.1) is 0 Å². The molecule has 0 saturated heterocycles. The number of hydrogen-bond donors (Lipinski definition) is 4. The zero-order chi connectivity index (χ0) is 30.3. The Balaban J connectivity index is 1.15. The molecule has 4 amide bonds. The van der Waals surface area contributed by atoms with Crippen molar-refractivity contribution < 1.29 is 28.7 Å². The molecule has 10 heteroatoms. The molecule has 4 N–H and O–H groups in total. The quantitative estimate of drug-likeness (QED) is 0.185. The van der Waals surface area contributed by atoms with E-state index in [4.69, 9.17) is 9.47 Å². The Morgan fingerprint density at radius 1 is 0.465 bits per heavy atom. The van der Waals surface area contributed by atoms with Crippen LogP contribution in [0.15, 0.2) is 109 Å². The highest BCUT2D eigenvalue weighted by atomic mass is 16.5. The fraction of sp³-hybridized carbons (Fsp3) is 0.152. The van der Waals surface area contributed by atoms with Crippen LogP contribution in [0.2, 0.25) is 0 Å². The molecule has 0 aliphatic heterocycles. The molecule has 4 aromatic carbocycles. The molecule has 0 saturated carbocycles. The Morgan fingerprint density at radius 3 is 1.26 bits per heavy atom. The second-order valence-corrected chi connectivity index (χ2v) is 9.40. The summed E-state index contributed by atoms with van der Waals surface area (Å²) in [6.07, 6.45) is 0.144. The van der Waals surface area contributed by atoms with Gasteiger partial charge in [0.1, 0.15) is 24.7 Å². The van der Waals surface area contributed by atoms with Crippen LogP contribution in [0.5, 0.6) is 11.5 Å². The summed E-state index contributed by atoms with van der Waals surface area (Å²) < 4.78 is 11.6. The van der Waals surface area contributed by atoms with Crippen LogP contribution in [-0.2, 0) is 22.8 Å². The molecular formula is C33H32N4O6. The molecule has 0 atom stereocenters. The highest BCUT2D eigenvalue weighted by molar-refractivity contribution is 5.98. The Bertz CT molecular complexity index is 1410. The molecule has 10 nitrogen and oxygen atoms in total. The maximum absolute atomic E-state index is 12.6. The van der Waals surface area contributed by atoms with E-state index in [1.807, 2.05) is 60.7 Å². The maximum atomic E-state index is 12.6. The molecule has 0 fully saturated rings. The third kappa shape index (κ3) is 9.75. The minimum absolute atomic E-state index is 0.0238. The first kappa shape index (κ1) is 30.3. The van der Waals surface area contributed by atoms with Gasteiger partial charge in [0.2, 0.25) is 11.8 Å². The summed E-state index contributed by atoms with van der Waals surface area (Å²) in [5.41, 5.74) is 11.9. The molecular weight excluding hydrogens is 548 g/mol. The molecule has 0 aliphatic carbocycles. The molecule has 0 spiro atoms. The van der Waals surface area contributed by atoms with E-state index >= 15 is 0 Å². The Labute approximate surface area is 249 Å². The van der Waals surface area contributed by atoms with Crippen molar-refractivity contribution in [3.05, 3.63) is 131 Å². The Hall–Kier alpha value is -5.64. The maximum Gasteiger partial charge on any atom is 0.273 e. The topological polar surface area (TPSA) is 135 Å². The second-order valence-electron chi connectivity index (χ2n) is 9.40. The van der Waals surface area contributed by atoms with Gasteiger partial charge in [-0.05, 0) is 41.8 Å². The molecule has 0 heterocycles. The summed E-state index contributed by atoms with van der Waals surface area (Å²) >= 11 is 0. The first-order valence-corrected chi connectivity index (χ1v) is 13.7. The molecule has 4 aromatic rings. The predicted octanol–water partition coefficient (Wildman–Crippen LogP) is 4.24. The first-order valence-electron chi connectivity index (χ1n) is 13.7. The lowest BCUT2D eigenvalue weighted by Crippen LogP contribution is -2.42. The average Bonchev–Trinajstić information content (AvgIpc) is 3.05. The lowest BCUT2D eigenvalue weighted by molar-refractivity contribution is -0.123. The fourth-order valence-electron chi connectivity index (χ4n) is 3.95. The summed E-state index contributed by atoms with van der Waals surface area (Å²) in [5, 5.41) is 0. The summed E-state index contributed by atoms with van der Waals surface area (Å²) in [5.74, 6) is -1.27. The summed E-state index contributed by atoms with van der Waals surface area (Å²) in [7, 11) is 0. The number of para-hydroxylation sites is 2. The third-order valence-electron chi connectivity index (χ3n) is 6.18. The zero-order valence-electron chi connectivity index (χ0n) is 23.4. The smallest absolute Gasteiger partial charge is 0.273 e. The predicted molar refractivity (Wildman–Crippen MR) is 160 cm³/mol. The largest absolute Gasteiger partial charge is 0.488 e. The standard InChI is InChI=1S/C33H32N4O6/c38-30(34-36-32(40)26-16-7-9-18-28(26)42-22-24-12-3-1-4-13-24)20-11-21-31(39)35-37-33(41)27-17-8-10-19-29(27)43-23-25-14-5-2-6-15-25/h1-10,12-19H,11,20-23H2,(H,34,38)(H,35,39)(H,36,40)(H,37,41). The molecule has 0 radical (unpaired) electrons. The number of ether oxygens (including phenoxy) is 2. The van der Waals surface area contributed by atoms with Crippen LogP contribution in [0.4, 0.5) is 0 Å². The number of rotatable bonds is 12. The highest BCUT2D eigenvalue weighted by Gasteiger charge is 2.15. The molecule has 0 unspecified atom stereocenters. The molecule has 0 bridgehead atoms. The number of amides is 4. The first-order chi connectivity index (χ1) is 21.0. The van der Waals surface area contributed by atoms with Gasteiger partial charge in [0.25, 0.3) is 11.8 Å². The molecule has 0 aliphatic rings. The Kier molecular flexibility index (Phi) is 11.3. The van der Waals surface area contributed by atoms with Gasteiger partial charge < -0.3 is 9.47 Å². The Morgan fingerprint density at radius 2 is 0.837 bits per heavy atom. The fourth-order valence-corrected chi connectivity index (χ4v) is 3.95. The number of nitrogens with one attached hydrogen (secondary N) is 4. The van der Waals surface area contributed by atoms with E-state index in [0.717, 1.165) is 11.1 Å². The lowest BCUT2D eigenvalue weighted by Gasteiger charge is -2.13. The van der Waals surface area contributed by atoms with Crippen molar-refractivity contribution in [3.63, 3.8) is 0 Å². The highest BCUT2D eigenvalue weighted by Crippen LogP contribution is 2.20. The van der Waals surface area contributed by atoms with E-state index in [2.05, 4.69) is 21.7 Å². The number of carbonyl (C=O) groups excluding carboxylic acids is 4. The SMILES string of the molecule is O=C(CCCC(=O)NNC(=O)c1ccccc1OCc1ccccc1)NNC(=O)c1ccccc1OCc1ccccc1. The van der Waals surface area contributed by atoms with Gasteiger partial charge in [0, 0.05) is 12.8 Å². The molecule has 0 aromatic heterocycles. The van der Waals surface area contributed by atoms with E-state index < -0.39 is 23.6 Å². The molecule has 220 valence electrons. The van der Waals surface area contributed by atoms with Gasteiger partial charge in [0.15, 0.2) is 0 Å². The van der Waals surface area contributed by atoms with E-state index in [0.29, 0.717) is 11.5 Å². The summed E-state index contributed by atoms with van der Waals surface area (Å²) in [6, 6.07) is 32.5. The van der Waals surface area contributed by atoms with Crippen LogP contribution < -0.4 is 31.2 Å². The van der Waals surface area contributed by atoms with Crippen LogP contribution in [0.3, 0.4) is 0 Å². The van der Waals surface area contributed by atoms with E-state index in [9.17, 15) is 19.2 Å². The van der Waals surface area contributed by atoms with Gasteiger partial charge in [-0.2, -0.15) is 0 Å². The van der Waals surface area contributed by atoms with Gasteiger partial charge in [-0.1, -0.05) is 84.9 Å². The minimum Gasteiger partial charge on any atom is -0.488 e. The van der Waals surface area contributed by atoms with Crippen LogP contribution >= 0.6 is 0 Å². The number of benzene rings is 4. The van der Waals surface area contributed by atoms with Gasteiger partial charge in [0.05, 0.1) is 11.1 Å². The van der Waals surface area contributed by atoms with Crippen molar-refractivity contribution in [1.29, 1.82) is 0 Å². The van der Waals surface area contributed by atoms with E-state index in [1.165, 1.54) is 0 Å². The number of carbonyl (C=O) groups is 4. The normalized spacial score (nSPS) is 10.2. The minimum atomic E-state index is -0.537. The van der Waals surface area contributed by atoms with Crippen LogP contribution in [-0.4, -0.2) is 23.6 Å². The van der Waals surface area contributed by atoms with Gasteiger partial charge >= 0.3 is 0 Å². The average molecular weight is 581 g/mol. The summed E-state index contributed by atoms with van der Waals surface area (Å²) in [4.78, 5) is 49.8.